The number of carbonyl (C=O) groups is 1. The summed E-state index contributed by atoms with van der Waals surface area (Å²) in [7, 11) is 1.55. The van der Waals surface area contributed by atoms with Gasteiger partial charge in [0, 0.05) is 18.1 Å². The van der Waals surface area contributed by atoms with Gasteiger partial charge in [0.2, 0.25) is 11.8 Å². The normalized spacial score (nSPS) is 15.1. The van der Waals surface area contributed by atoms with Crippen LogP contribution in [-0.4, -0.2) is 50.6 Å². The molecule has 0 spiro atoms. The smallest absolute Gasteiger partial charge is 0.241 e. The minimum atomic E-state index is -0.138. The maximum atomic E-state index is 12.0. The van der Waals surface area contributed by atoms with Gasteiger partial charge < -0.3 is 14.8 Å². The van der Waals surface area contributed by atoms with E-state index in [9.17, 15) is 4.79 Å². The molecule has 1 aromatic carbocycles. The van der Waals surface area contributed by atoms with Crippen molar-refractivity contribution in [3.63, 3.8) is 0 Å². The third-order valence-corrected chi connectivity index (χ3v) is 4.25. The van der Waals surface area contributed by atoms with Crippen molar-refractivity contribution < 1.29 is 14.3 Å². The van der Waals surface area contributed by atoms with E-state index < -0.39 is 0 Å². The molecule has 0 saturated carbocycles. The van der Waals surface area contributed by atoms with E-state index >= 15 is 0 Å². The molecule has 2 aromatic heterocycles. The molecule has 1 N–H and O–H groups in total. The van der Waals surface area contributed by atoms with E-state index in [1.807, 2.05) is 24.3 Å². The first kappa shape index (κ1) is 17.0. The number of carbonyl (C=O) groups excluding carboxylic acids is 1. The van der Waals surface area contributed by atoms with Crippen LogP contribution in [0.4, 0.5) is 0 Å². The number of methoxy groups -OCH3 is 1. The summed E-state index contributed by atoms with van der Waals surface area (Å²) in [6.45, 7) is 0.544. The average Bonchev–Trinajstić information content (AvgIpc) is 3.35. The lowest BCUT2D eigenvalue weighted by atomic mass is 10.0. The van der Waals surface area contributed by atoms with Crippen LogP contribution in [0.1, 0.15) is 5.56 Å². The van der Waals surface area contributed by atoms with Crippen LogP contribution in [0.25, 0.3) is 11.3 Å². The van der Waals surface area contributed by atoms with Crippen molar-refractivity contribution in [3.05, 3.63) is 48.5 Å². The number of nitrogens with one attached hydrogen (secondary N) is 1. The second-order valence-corrected chi connectivity index (χ2v) is 6.10. The highest BCUT2D eigenvalue weighted by atomic mass is 16.5. The molecule has 1 atom stereocenters. The summed E-state index contributed by atoms with van der Waals surface area (Å²) in [5.74, 6) is 1.11. The molecule has 0 fully saturated rings. The molecule has 1 unspecified atom stereocenters. The molecule has 4 rings (SSSR count). The molecule has 0 aliphatic carbocycles. The van der Waals surface area contributed by atoms with Gasteiger partial charge in [-0.05, 0) is 17.7 Å². The largest absolute Gasteiger partial charge is 0.487 e. The summed E-state index contributed by atoms with van der Waals surface area (Å²) in [5, 5.41) is 15.0. The highest BCUT2D eigenvalue weighted by Gasteiger charge is 2.26. The predicted octanol–water partition coefficient (Wildman–Crippen LogP) is 0.864. The Balaban J connectivity index is 1.41. The quantitative estimate of drug-likeness (QED) is 0.690. The molecule has 138 valence electrons. The first-order valence-electron chi connectivity index (χ1n) is 8.48. The molecule has 9 heteroatoms. The van der Waals surface area contributed by atoms with Crippen molar-refractivity contribution in [3.8, 4) is 22.9 Å². The van der Waals surface area contributed by atoms with Crippen LogP contribution >= 0.6 is 0 Å². The molecule has 1 aliphatic heterocycles. The average molecular weight is 366 g/mol. The zero-order valence-electron chi connectivity index (χ0n) is 14.7. The summed E-state index contributed by atoms with van der Waals surface area (Å²) in [6, 6.07) is 9.54. The van der Waals surface area contributed by atoms with Gasteiger partial charge >= 0.3 is 0 Å². The van der Waals surface area contributed by atoms with Crippen LogP contribution in [0.3, 0.4) is 0 Å². The van der Waals surface area contributed by atoms with E-state index in [2.05, 4.69) is 25.6 Å². The Labute approximate surface area is 155 Å². The summed E-state index contributed by atoms with van der Waals surface area (Å²) in [4.78, 5) is 15.8. The number of ether oxygens (including phenoxy) is 2. The van der Waals surface area contributed by atoms with E-state index in [1.165, 1.54) is 17.3 Å². The van der Waals surface area contributed by atoms with Gasteiger partial charge in [-0.15, -0.1) is 10.2 Å². The fraction of sp³-hybridized carbons (Fsp3) is 0.278. The number of para-hydroxylation sites is 1. The topological polar surface area (TPSA) is 104 Å². The molecule has 1 amide bonds. The lowest BCUT2D eigenvalue weighted by Crippen LogP contribution is -2.36. The summed E-state index contributed by atoms with van der Waals surface area (Å²) >= 11 is 0. The number of aromatic nitrogens is 5. The summed E-state index contributed by atoms with van der Waals surface area (Å²) < 4.78 is 12.6. The van der Waals surface area contributed by atoms with Gasteiger partial charge in [0.25, 0.3) is 0 Å². The second kappa shape index (κ2) is 7.40. The van der Waals surface area contributed by atoms with Gasteiger partial charge in [-0.3, -0.25) is 4.79 Å². The Hall–Kier alpha value is -3.49. The SMILES string of the molecule is COc1ccc(-c2cccc3c2OC(CNC(=O)Cn2cncn2)C3)nn1. The molecule has 9 nitrogen and oxygen atoms in total. The zero-order valence-corrected chi connectivity index (χ0v) is 14.7. The van der Waals surface area contributed by atoms with Gasteiger partial charge in [0.1, 0.15) is 31.1 Å². The summed E-state index contributed by atoms with van der Waals surface area (Å²) in [6.07, 6.45) is 3.49. The third kappa shape index (κ3) is 3.71. The number of nitrogens with zero attached hydrogens (tertiary/aromatic N) is 5. The number of amides is 1. The van der Waals surface area contributed by atoms with Gasteiger partial charge in [-0.25, -0.2) is 9.67 Å². The van der Waals surface area contributed by atoms with E-state index in [1.54, 1.807) is 13.2 Å². The molecule has 0 radical (unpaired) electrons. The fourth-order valence-electron chi connectivity index (χ4n) is 2.97. The van der Waals surface area contributed by atoms with Crippen LogP contribution in [0, 0.1) is 0 Å². The van der Waals surface area contributed by atoms with Crippen molar-refractivity contribution in [1.82, 2.24) is 30.3 Å². The van der Waals surface area contributed by atoms with Gasteiger partial charge in [-0.2, -0.15) is 5.10 Å². The number of rotatable bonds is 6. The maximum absolute atomic E-state index is 12.0. The molecular formula is C18H18N6O3. The van der Waals surface area contributed by atoms with Crippen molar-refractivity contribution in [2.75, 3.05) is 13.7 Å². The van der Waals surface area contributed by atoms with Gasteiger partial charge in [0.05, 0.1) is 19.3 Å². The van der Waals surface area contributed by atoms with Gasteiger partial charge in [-0.1, -0.05) is 12.1 Å². The molecule has 27 heavy (non-hydrogen) atoms. The predicted molar refractivity (Wildman–Crippen MR) is 95.2 cm³/mol. The van der Waals surface area contributed by atoms with Crippen molar-refractivity contribution in [2.24, 2.45) is 0 Å². The Morgan fingerprint density at radius 3 is 3.00 bits per heavy atom. The van der Waals surface area contributed by atoms with Crippen LogP contribution in [0.5, 0.6) is 11.6 Å². The van der Waals surface area contributed by atoms with Crippen molar-refractivity contribution >= 4 is 5.91 Å². The monoisotopic (exact) mass is 366 g/mol. The molecular weight excluding hydrogens is 348 g/mol. The van der Waals surface area contributed by atoms with Gasteiger partial charge in [0.15, 0.2) is 0 Å². The second-order valence-electron chi connectivity index (χ2n) is 6.10. The van der Waals surface area contributed by atoms with Crippen LogP contribution in [0.2, 0.25) is 0 Å². The number of hydrogen-bond donors (Lipinski definition) is 1. The Morgan fingerprint density at radius 2 is 2.26 bits per heavy atom. The first-order valence-corrected chi connectivity index (χ1v) is 8.48. The lowest BCUT2D eigenvalue weighted by Gasteiger charge is -2.13. The Bertz CT molecular complexity index is 927. The van der Waals surface area contributed by atoms with Crippen LogP contribution in [0.15, 0.2) is 43.0 Å². The molecule has 0 saturated heterocycles. The van der Waals surface area contributed by atoms with E-state index in [0.29, 0.717) is 18.1 Å². The Morgan fingerprint density at radius 1 is 1.33 bits per heavy atom. The molecule has 3 heterocycles. The molecule has 3 aromatic rings. The number of benzene rings is 1. The molecule has 0 bridgehead atoms. The maximum Gasteiger partial charge on any atom is 0.241 e. The fourth-order valence-corrected chi connectivity index (χ4v) is 2.97. The summed E-state index contributed by atoms with van der Waals surface area (Å²) in [5.41, 5.74) is 2.67. The zero-order chi connectivity index (χ0) is 18.6. The van der Waals surface area contributed by atoms with Crippen molar-refractivity contribution in [1.29, 1.82) is 0 Å². The molecule has 1 aliphatic rings. The van der Waals surface area contributed by atoms with Crippen LogP contribution < -0.4 is 14.8 Å². The third-order valence-electron chi connectivity index (χ3n) is 4.25. The highest BCUT2D eigenvalue weighted by Crippen LogP contribution is 2.37. The van der Waals surface area contributed by atoms with Crippen molar-refractivity contribution in [2.45, 2.75) is 19.1 Å². The lowest BCUT2D eigenvalue weighted by molar-refractivity contribution is -0.122. The number of hydrogen-bond acceptors (Lipinski definition) is 7. The van der Waals surface area contributed by atoms with Crippen LogP contribution in [-0.2, 0) is 17.8 Å². The Kier molecular flexibility index (Phi) is 4.65. The minimum absolute atomic E-state index is 0.131. The minimum Gasteiger partial charge on any atom is -0.487 e. The first-order chi connectivity index (χ1) is 13.2. The highest BCUT2D eigenvalue weighted by molar-refractivity contribution is 5.75. The van der Waals surface area contributed by atoms with E-state index in [0.717, 1.165) is 23.3 Å². The van der Waals surface area contributed by atoms with E-state index in [-0.39, 0.29) is 18.6 Å². The van der Waals surface area contributed by atoms with E-state index in [4.69, 9.17) is 9.47 Å². The standard InChI is InChI=1S/C18H18N6O3/c1-26-17-6-5-15(22-23-17)14-4-2-3-12-7-13(27-18(12)14)8-20-16(25)9-24-11-19-10-21-24/h2-6,10-11,13H,7-9H2,1H3,(H,20,25). The number of fused-ring (bicyclic) bond motifs is 1.